The molecule has 4 nitrogen and oxygen atoms in total. The van der Waals surface area contributed by atoms with E-state index in [0.29, 0.717) is 10.7 Å². The van der Waals surface area contributed by atoms with Crippen LogP contribution in [-0.2, 0) is 9.84 Å². The van der Waals surface area contributed by atoms with Crippen molar-refractivity contribution in [1.82, 2.24) is 4.98 Å². The lowest BCUT2D eigenvalue weighted by Gasteiger charge is -2.12. The van der Waals surface area contributed by atoms with E-state index in [1.165, 1.54) is 0 Å². The lowest BCUT2D eigenvalue weighted by atomic mass is 10.1. The minimum atomic E-state index is -3.17. The van der Waals surface area contributed by atoms with Crippen LogP contribution in [0.3, 0.4) is 0 Å². The lowest BCUT2D eigenvalue weighted by Crippen LogP contribution is -2.13. The Balaban J connectivity index is 1.97. The molecule has 1 aromatic carbocycles. The number of aromatic nitrogens is 1. The van der Waals surface area contributed by atoms with Crippen LogP contribution in [0.1, 0.15) is 11.6 Å². The highest BCUT2D eigenvalue weighted by molar-refractivity contribution is 7.91. The van der Waals surface area contributed by atoms with E-state index in [2.05, 4.69) is 10.3 Å². The maximum Gasteiger partial charge on any atom is 0.181 e. The number of pyridine rings is 1. The van der Waals surface area contributed by atoms with Crippen molar-refractivity contribution in [2.75, 3.05) is 11.1 Å². The summed E-state index contributed by atoms with van der Waals surface area (Å²) in [6.45, 7) is 0. The van der Waals surface area contributed by atoms with Gasteiger partial charge in [-0.15, -0.1) is 0 Å². The molecule has 1 aromatic heterocycles. The van der Waals surface area contributed by atoms with Crippen molar-refractivity contribution in [2.24, 2.45) is 0 Å². The van der Waals surface area contributed by atoms with Crippen LogP contribution < -0.4 is 5.32 Å². The van der Waals surface area contributed by atoms with Crippen molar-refractivity contribution in [3.05, 3.63) is 54.2 Å². The summed E-state index contributed by atoms with van der Waals surface area (Å²) >= 11 is 0. The number of rotatable bonds is 2. The Kier molecular flexibility index (Phi) is 2.56. The first-order valence-corrected chi connectivity index (χ1v) is 7.31. The average molecular weight is 260 g/mol. The molecule has 0 fully saturated rings. The lowest BCUT2D eigenvalue weighted by molar-refractivity contribution is 0.598. The fraction of sp³-hybridized carbons (Fsp3) is 0.154. The molecule has 0 saturated carbocycles. The van der Waals surface area contributed by atoms with E-state index < -0.39 is 9.84 Å². The van der Waals surface area contributed by atoms with Crippen LogP contribution in [0.25, 0.3) is 0 Å². The summed E-state index contributed by atoms with van der Waals surface area (Å²) in [7, 11) is -3.17. The topological polar surface area (TPSA) is 59.1 Å². The van der Waals surface area contributed by atoms with E-state index in [9.17, 15) is 8.42 Å². The zero-order valence-electron chi connectivity index (χ0n) is 9.58. The third-order valence-electron chi connectivity index (χ3n) is 3.00. The Morgan fingerprint density at radius 1 is 1.11 bits per heavy atom. The number of sulfone groups is 1. The van der Waals surface area contributed by atoms with Crippen LogP contribution in [0, 0.1) is 0 Å². The number of fused-ring (bicyclic) bond motifs is 1. The van der Waals surface area contributed by atoms with Gasteiger partial charge >= 0.3 is 0 Å². The molecule has 1 atom stereocenters. The molecule has 0 bridgehead atoms. The first-order chi connectivity index (χ1) is 8.67. The normalized spacial score (nSPS) is 20.3. The van der Waals surface area contributed by atoms with Crippen molar-refractivity contribution in [2.45, 2.75) is 10.9 Å². The molecular formula is C13H12N2O2S. The monoisotopic (exact) mass is 260 g/mol. The fourth-order valence-electron chi connectivity index (χ4n) is 2.20. The predicted octanol–water partition coefficient (Wildman–Crippen LogP) is 2.02. The summed E-state index contributed by atoms with van der Waals surface area (Å²) in [4.78, 5) is 4.59. The van der Waals surface area contributed by atoms with Crippen LogP contribution in [0.4, 0.5) is 5.82 Å². The molecule has 1 unspecified atom stereocenters. The van der Waals surface area contributed by atoms with Crippen LogP contribution in [-0.4, -0.2) is 19.2 Å². The molecule has 1 aliphatic rings. The maximum atomic E-state index is 12.0. The third-order valence-corrected chi connectivity index (χ3v) is 4.82. The van der Waals surface area contributed by atoms with Gasteiger partial charge in [-0.3, -0.25) is 0 Å². The van der Waals surface area contributed by atoms with Gasteiger partial charge in [0.2, 0.25) is 0 Å². The Labute approximate surface area is 106 Å². The highest BCUT2D eigenvalue weighted by atomic mass is 32.2. The Hall–Kier alpha value is -1.88. The van der Waals surface area contributed by atoms with Crippen molar-refractivity contribution < 1.29 is 8.42 Å². The average Bonchev–Trinajstić information content (AvgIpc) is 2.63. The summed E-state index contributed by atoms with van der Waals surface area (Å²) in [6, 6.07) is 12.4. The summed E-state index contributed by atoms with van der Waals surface area (Å²) in [5.74, 6) is 0.775. The SMILES string of the molecule is O=S1(=O)CC(Nc2ccccn2)c2ccccc21. The van der Waals surface area contributed by atoms with Gasteiger partial charge in [-0.25, -0.2) is 13.4 Å². The molecule has 1 N–H and O–H groups in total. The number of benzene rings is 1. The van der Waals surface area contributed by atoms with Gasteiger partial charge in [0.25, 0.3) is 0 Å². The van der Waals surface area contributed by atoms with E-state index in [4.69, 9.17) is 0 Å². The Morgan fingerprint density at radius 2 is 1.89 bits per heavy atom. The molecule has 0 radical (unpaired) electrons. The van der Waals surface area contributed by atoms with E-state index in [1.54, 1.807) is 18.3 Å². The first-order valence-electron chi connectivity index (χ1n) is 5.66. The van der Waals surface area contributed by atoms with Crippen molar-refractivity contribution in [1.29, 1.82) is 0 Å². The third kappa shape index (κ3) is 1.86. The quantitative estimate of drug-likeness (QED) is 0.897. The van der Waals surface area contributed by atoms with Gasteiger partial charge in [-0.2, -0.15) is 0 Å². The smallest absolute Gasteiger partial charge is 0.181 e. The molecule has 1 aliphatic heterocycles. The number of nitrogens with zero attached hydrogens (tertiary/aromatic N) is 1. The molecule has 3 rings (SSSR count). The van der Waals surface area contributed by atoms with E-state index in [-0.39, 0.29) is 11.8 Å². The highest BCUT2D eigenvalue weighted by Crippen LogP contribution is 2.34. The molecule has 92 valence electrons. The van der Waals surface area contributed by atoms with Crippen LogP contribution in [0.2, 0.25) is 0 Å². The van der Waals surface area contributed by atoms with Crippen molar-refractivity contribution >= 4 is 15.7 Å². The molecule has 2 aromatic rings. The van der Waals surface area contributed by atoms with Crippen molar-refractivity contribution in [3.63, 3.8) is 0 Å². The number of hydrogen-bond acceptors (Lipinski definition) is 4. The Bertz CT molecular complexity index is 668. The van der Waals surface area contributed by atoms with Gasteiger partial charge in [0, 0.05) is 6.20 Å². The molecule has 0 aliphatic carbocycles. The molecule has 0 spiro atoms. The summed E-state index contributed by atoms with van der Waals surface area (Å²) in [5, 5.41) is 3.16. The molecule has 5 heteroatoms. The summed E-state index contributed by atoms with van der Waals surface area (Å²) in [5.41, 5.74) is 0.822. The van der Waals surface area contributed by atoms with Gasteiger partial charge in [0.15, 0.2) is 9.84 Å². The van der Waals surface area contributed by atoms with Gasteiger partial charge < -0.3 is 5.32 Å². The number of hydrogen-bond donors (Lipinski definition) is 1. The minimum Gasteiger partial charge on any atom is -0.362 e. The standard InChI is InChI=1S/C13H12N2O2S/c16-18(17)9-11(10-5-1-2-6-12(10)18)15-13-7-3-4-8-14-13/h1-8,11H,9H2,(H,14,15). The largest absolute Gasteiger partial charge is 0.362 e. The Morgan fingerprint density at radius 3 is 2.67 bits per heavy atom. The second-order valence-corrected chi connectivity index (χ2v) is 6.23. The molecular weight excluding hydrogens is 248 g/mol. The molecule has 18 heavy (non-hydrogen) atoms. The van der Waals surface area contributed by atoms with Gasteiger partial charge in [0.05, 0.1) is 16.7 Å². The van der Waals surface area contributed by atoms with Crippen LogP contribution in [0.5, 0.6) is 0 Å². The molecule has 2 heterocycles. The second-order valence-electron chi connectivity index (χ2n) is 4.23. The summed E-state index contributed by atoms with van der Waals surface area (Å²) in [6.07, 6.45) is 1.68. The maximum absolute atomic E-state index is 12.0. The zero-order valence-corrected chi connectivity index (χ0v) is 10.4. The number of nitrogens with one attached hydrogen (secondary N) is 1. The van der Waals surface area contributed by atoms with Gasteiger partial charge in [-0.05, 0) is 23.8 Å². The fourth-order valence-corrected chi connectivity index (χ4v) is 3.93. The van der Waals surface area contributed by atoms with E-state index >= 15 is 0 Å². The van der Waals surface area contributed by atoms with E-state index in [1.807, 2.05) is 30.3 Å². The molecule has 0 amide bonds. The van der Waals surface area contributed by atoms with Gasteiger partial charge in [-0.1, -0.05) is 24.3 Å². The van der Waals surface area contributed by atoms with E-state index in [0.717, 1.165) is 5.56 Å². The second kappa shape index (κ2) is 4.10. The first kappa shape index (κ1) is 11.2. The van der Waals surface area contributed by atoms with Crippen LogP contribution in [0.15, 0.2) is 53.6 Å². The van der Waals surface area contributed by atoms with Crippen molar-refractivity contribution in [3.8, 4) is 0 Å². The highest BCUT2D eigenvalue weighted by Gasteiger charge is 2.34. The minimum absolute atomic E-state index is 0.0862. The number of anilines is 1. The van der Waals surface area contributed by atoms with Crippen LogP contribution >= 0.6 is 0 Å². The zero-order chi connectivity index (χ0) is 12.6. The predicted molar refractivity (Wildman–Crippen MR) is 69.1 cm³/mol. The molecule has 0 saturated heterocycles. The van der Waals surface area contributed by atoms with Gasteiger partial charge in [0.1, 0.15) is 5.82 Å². The summed E-state index contributed by atoms with van der Waals surface area (Å²) < 4.78 is 24.0.